The van der Waals surface area contributed by atoms with Gasteiger partial charge in [0, 0.05) is 12.5 Å². The van der Waals surface area contributed by atoms with E-state index in [9.17, 15) is 0 Å². The zero-order chi connectivity index (χ0) is 13.2. The van der Waals surface area contributed by atoms with Crippen LogP contribution < -0.4 is 5.32 Å². The number of benzene rings is 1. The Morgan fingerprint density at radius 2 is 2.05 bits per heavy atom. The monoisotopic (exact) mass is 255 g/mol. The Morgan fingerprint density at radius 1 is 1.26 bits per heavy atom. The van der Waals surface area contributed by atoms with Crippen LogP contribution in [0.1, 0.15) is 43.4 Å². The predicted molar refractivity (Wildman–Crippen MR) is 77.9 cm³/mol. The van der Waals surface area contributed by atoms with E-state index in [0.29, 0.717) is 11.8 Å². The van der Waals surface area contributed by atoms with Gasteiger partial charge in [-0.1, -0.05) is 32.0 Å². The maximum atomic E-state index is 4.64. The first kappa shape index (κ1) is 12.4. The number of nitrogens with one attached hydrogen (secondary N) is 1. The largest absolute Gasteiger partial charge is 0.316 e. The fraction of sp³-hybridized carbons (Fsp3) is 0.438. The minimum atomic E-state index is 0.521. The molecule has 0 saturated carbocycles. The first-order valence-electron chi connectivity index (χ1n) is 7.11. The lowest BCUT2D eigenvalue weighted by molar-refractivity contribution is 0.667. The molecule has 1 atom stereocenters. The Balaban J connectivity index is 2.09. The van der Waals surface area contributed by atoms with Crippen molar-refractivity contribution in [2.75, 3.05) is 13.1 Å². The van der Waals surface area contributed by atoms with E-state index in [2.05, 4.69) is 53.2 Å². The number of para-hydroxylation sites is 1. The maximum absolute atomic E-state index is 4.64. The molecule has 0 radical (unpaired) electrons. The van der Waals surface area contributed by atoms with Gasteiger partial charge in [0.15, 0.2) is 0 Å². The van der Waals surface area contributed by atoms with Gasteiger partial charge in [-0.25, -0.2) is 4.68 Å². The van der Waals surface area contributed by atoms with Gasteiger partial charge in [-0.15, -0.1) is 0 Å². The second-order valence-electron chi connectivity index (χ2n) is 5.58. The molecule has 2 aromatic rings. The van der Waals surface area contributed by atoms with E-state index in [1.165, 1.54) is 17.7 Å². The lowest BCUT2D eigenvalue weighted by Crippen LogP contribution is -2.13. The number of nitrogens with zero attached hydrogens (tertiary/aromatic N) is 2. The fourth-order valence-electron chi connectivity index (χ4n) is 2.89. The van der Waals surface area contributed by atoms with Crippen molar-refractivity contribution in [2.45, 2.75) is 32.1 Å². The third-order valence-corrected chi connectivity index (χ3v) is 3.91. The molecule has 0 spiro atoms. The molecule has 1 aromatic heterocycles. The van der Waals surface area contributed by atoms with E-state index >= 15 is 0 Å². The molecule has 1 aromatic carbocycles. The van der Waals surface area contributed by atoms with Gasteiger partial charge in [-0.05, 0) is 36.6 Å². The summed E-state index contributed by atoms with van der Waals surface area (Å²) < 4.78 is 2.13. The minimum Gasteiger partial charge on any atom is -0.316 e. The molecule has 0 bridgehead atoms. The highest BCUT2D eigenvalue weighted by atomic mass is 15.3. The van der Waals surface area contributed by atoms with Crippen molar-refractivity contribution in [3.8, 4) is 5.69 Å². The first-order valence-corrected chi connectivity index (χ1v) is 7.11. The molecule has 1 saturated heterocycles. The molecule has 1 fully saturated rings. The Hall–Kier alpha value is -1.61. The lowest BCUT2D eigenvalue weighted by atomic mass is 9.94. The van der Waals surface area contributed by atoms with E-state index in [4.69, 9.17) is 0 Å². The summed E-state index contributed by atoms with van der Waals surface area (Å²) in [6, 6.07) is 10.4. The van der Waals surface area contributed by atoms with Crippen LogP contribution in [0.5, 0.6) is 0 Å². The van der Waals surface area contributed by atoms with Crippen LogP contribution >= 0.6 is 0 Å². The summed E-state index contributed by atoms with van der Waals surface area (Å²) >= 11 is 0. The smallest absolute Gasteiger partial charge is 0.0649 e. The van der Waals surface area contributed by atoms with Crippen LogP contribution in [0.15, 0.2) is 36.5 Å². The molecule has 3 nitrogen and oxygen atoms in total. The molecular weight excluding hydrogens is 234 g/mol. The molecule has 3 heteroatoms. The van der Waals surface area contributed by atoms with Gasteiger partial charge in [0.05, 0.1) is 17.6 Å². The average Bonchev–Trinajstić information content (AvgIpc) is 3.08. The highest BCUT2D eigenvalue weighted by molar-refractivity contribution is 5.38. The van der Waals surface area contributed by atoms with Gasteiger partial charge >= 0.3 is 0 Å². The Kier molecular flexibility index (Phi) is 3.38. The molecular formula is C16H21N3. The van der Waals surface area contributed by atoms with Crippen molar-refractivity contribution in [3.05, 3.63) is 47.8 Å². The predicted octanol–water partition coefficient (Wildman–Crippen LogP) is 3.07. The van der Waals surface area contributed by atoms with Crippen LogP contribution in [0.2, 0.25) is 0 Å². The van der Waals surface area contributed by atoms with Gasteiger partial charge < -0.3 is 5.32 Å². The molecule has 1 N–H and O–H groups in total. The summed E-state index contributed by atoms with van der Waals surface area (Å²) in [5, 5.41) is 8.11. The minimum absolute atomic E-state index is 0.521. The van der Waals surface area contributed by atoms with Crippen molar-refractivity contribution < 1.29 is 0 Å². The summed E-state index contributed by atoms with van der Waals surface area (Å²) in [6.07, 6.45) is 3.25. The number of rotatable bonds is 3. The highest BCUT2D eigenvalue weighted by Gasteiger charge is 2.25. The average molecular weight is 255 g/mol. The van der Waals surface area contributed by atoms with E-state index in [1.54, 1.807) is 0 Å². The van der Waals surface area contributed by atoms with Crippen molar-refractivity contribution in [1.82, 2.24) is 15.1 Å². The van der Waals surface area contributed by atoms with Crippen molar-refractivity contribution in [2.24, 2.45) is 0 Å². The second-order valence-corrected chi connectivity index (χ2v) is 5.58. The maximum Gasteiger partial charge on any atom is 0.0649 e. The van der Waals surface area contributed by atoms with Crippen LogP contribution in [-0.4, -0.2) is 22.9 Å². The summed E-state index contributed by atoms with van der Waals surface area (Å²) in [5.74, 6) is 1.10. The van der Waals surface area contributed by atoms with Gasteiger partial charge in [0.25, 0.3) is 0 Å². The molecule has 19 heavy (non-hydrogen) atoms. The van der Waals surface area contributed by atoms with Crippen LogP contribution in [0.3, 0.4) is 0 Å². The zero-order valence-corrected chi connectivity index (χ0v) is 11.6. The molecule has 100 valence electrons. The normalized spacial score (nSPS) is 19.2. The summed E-state index contributed by atoms with van der Waals surface area (Å²) in [4.78, 5) is 0. The second kappa shape index (κ2) is 5.17. The van der Waals surface area contributed by atoms with Crippen LogP contribution in [-0.2, 0) is 0 Å². The van der Waals surface area contributed by atoms with Crippen molar-refractivity contribution >= 4 is 0 Å². The Morgan fingerprint density at radius 3 is 2.68 bits per heavy atom. The molecule has 1 aliphatic heterocycles. The molecule has 0 aliphatic carbocycles. The van der Waals surface area contributed by atoms with Gasteiger partial charge in [-0.3, -0.25) is 0 Å². The SMILES string of the molecule is CC(C)c1cnn(-c2ccccc2)c1C1CCNC1. The lowest BCUT2D eigenvalue weighted by Gasteiger charge is -2.16. The summed E-state index contributed by atoms with van der Waals surface area (Å²) in [7, 11) is 0. The van der Waals surface area contributed by atoms with Crippen LogP contribution in [0.4, 0.5) is 0 Å². The van der Waals surface area contributed by atoms with E-state index in [-0.39, 0.29) is 0 Å². The van der Waals surface area contributed by atoms with Crippen LogP contribution in [0.25, 0.3) is 5.69 Å². The van der Waals surface area contributed by atoms with Crippen LogP contribution in [0, 0.1) is 0 Å². The zero-order valence-electron chi connectivity index (χ0n) is 11.6. The number of aromatic nitrogens is 2. The van der Waals surface area contributed by atoms with E-state index < -0.39 is 0 Å². The third kappa shape index (κ3) is 2.30. The van der Waals surface area contributed by atoms with E-state index in [1.807, 2.05) is 12.3 Å². The third-order valence-electron chi connectivity index (χ3n) is 3.91. The highest BCUT2D eigenvalue weighted by Crippen LogP contribution is 2.31. The topological polar surface area (TPSA) is 29.9 Å². The Labute approximate surface area is 114 Å². The summed E-state index contributed by atoms with van der Waals surface area (Å²) in [5.41, 5.74) is 3.94. The quantitative estimate of drug-likeness (QED) is 0.913. The standard InChI is InChI=1S/C16H21N3/c1-12(2)15-11-18-19(14-6-4-3-5-7-14)16(15)13-8-9-17-10-13/h3-7,11-13,17H,8-10H2,1-2H3. The molecule has 1 aliphatic rings. The number of hydrogen-bond donors (Lipinski definition) is 1. The van der Waals surface area contributed by atoms with Crippen molar-refractivity contribution in [1.29, 1.82) is 0 Å². The fourth-order valence-corrected chi connectivity index (χ4v) is 2.89. The van der Waals surface area contributed by atoms with Gasteiger partial charge in [0.1, 0.15) is 0 Å². The number of hydrogen-bond acceptors (Lipinski definition) is 2. The van der Waals surface area contributed by atoms with Crippen molar-refractivity contribution in [3.63, 3.8) is 0 Å². The summed E-state index contributed by atoms with van der Waals surface area (Å²) in [6.45, 7) is 6.68. The molecule has 3 rings (SSSR count). The molecule has 1 unspecified atom stereocenters. The first-order chi connectivity index (χ1) is 9.27. The van der Waals surface area contributed by atoms with Gasteiger partial charge in [-0.2, -0.15) is 5.10 Å². The van der Waals surface area contributed by atoms with E-state index in [0.717, 1.165) is 18.8 Å². The molecule has 0 amide bonds. The molecule has 2 heterocycles. The Bertz CT molecular complexity index is 536. The van der Waals surface area contributed by atoms with Gasteiger partial charge in [0.2, 0.25) is 0 Å².